The van der Waals surface area contributed by atoms with Crippen molar-refractivity contribution in [1.29, 1.82) is 0 Å². The van der Waals surface area contributed by atoms with Gasteiger partial charge in [-0.3, -0.25) is 4.79 Å². The summed E-state index contributed by atoms with van der Waals surface area (Å²) in [7, 11) is 0. The van der Waals surface area contributed by atoms with Crippen LogP contribution in [0, 0.1) is 6.92 Å². The fourth-order valence-electron chi connectivity index (χ4n) is 2.78. The lowest BCUT2D eigenvalue weighted by molar-refractivity contribution is 0.0925. The molecule has 1 aliphatic heterocycles. The summed E-state index contributed by atoms with van der Waals surface area (Å²) in [5.41, 5.74) is 8.05. The maximum absolute atomic E-state index is 12.3. The lowest BCUT2D eigenvalue weighted by Crippen LogP contribution is -2.43. The van der Waals surface area contributed by atoms with E-state index >= 15 is 0 Å². The summed E-state index contributed by atoms with van der Waals surface area (Å²) < 4.78 is 0. The van der Waals surface area contributed by atoms with E-state index in [2.05, 4.69) is 17.1 Å². The second-order valence-corrected chi connectivity index (χ2v) is 5.76. The molecule has 1 atom stereocenters. The Bertz CT molecular complexity index is 467. The van der Waals surface area contributed by atoms with Crippen LogP contribution in [0.1, 0.15) is 42.1 Å². The van der Waals surface area contributed by atoms with Gasteiger partial charge in [-0.05, 0) is 57.5 Å². The van der Waals surface area contributed by atoms with Crippen molar-refractivity contribution >= 4 is 11.6 Å². The van der Waals surface area contributed by atoms with E-state index in [1.807, 2.05) is 25.1 Å². The minimum Gasteiger partial charge on any atom is -0.398 e. The SMILES string of the molecule is Cc1c(N)cccc1C(=O)NC(C)CN1CCCCC1. The molecule has 0 bridgehead atoms. The number of nitrogens with one attached hydrogen (secondary N) is 1. The second kappa shape index (κ2) is 6.75. The van der Waals surface area contributed by atoms with Crippen molar-refractivity contribution in [3.63, 3.8) is 0 Å². The average molecular weight is 275 g/mol. The zero-order valence-corrected chi connectivity index (χ0v) is 12.5. The predicted molar refractivity (Wildman–Crippen MR) is 82.8 cm³/mol. The number of anilines is 1. The number of rotatable bonds is 4. The van der Waals surface area contributed by atoms with Crippen LogP contribution in [-0.2, 0) is 0 Å². The largest absolute Gasteiger partial charge is 0.398 e. The number of nitrogens with zero attached hydrogens (tertiary/aromatic N) is 1. The zero-order chi connectivity index (χ0) is 14.5. The third-order valence-corrected chi connectivity index (χ3v) is 3.98. The van der Waals surface area contributed by atoms with Gasteiger partial charge < -0.3 is 16.0 Å². The highest BCUT2D eigenvalue weighted by Crippen LogP contribution is 2.15. The van der Waals surface area contributed by atoms with Gasteiger partial charge in [-0.15, -0.1) is 0 Å². The summed E-state index contributed by atoms with van der Waals surface area (Å²) in [6, 6.07) is 5.63. The Morgan fingerprint density at radius 3 is 2.75 bits per heavy atom. The Morgan fingerprint density at radius 1 is 1.35 bits per heavy atom. The zero-order valence-electron chi connectivity index (χ0n) is 12.5. The molecule has 1 heterocycles. The average Bonchev–Trinajstić information content (AvgIpc) is 2.42. The van der Waals surface area contributed by atoms with Gasteiger partial charge in [0.05, 0.1) is 0 Å². The molecule has 4 heteroatoms. The second-order valence-electron chi connectivity index (χ2n) is 5.76. The summed E-state index contributed by atoms with van der Waals surface area (Å²) in [5.74, 6) is -0.0284. The Kier molecular flexibility index (Phi) is 5.01. The van der Waals surface area contributed by atoms with Crippen LogP contribution in [0.5, 0.6) is 0 Å². The van der Waals surface area contributed by atoms with E-state index in [1.165, 1.54) is 19.3 Å². The normalized spacial score (nSPS) is 17.7. The summed E-state index contributed by atoms with van der Waals surface area (Å²) in [6.07, 6.45) is 3.88. The first kappa shape index (κ1) is 14.9. The van der Waals surface area contributed by atoms with Gasteiger partial charge in [0.25, 0.3) is 5.91 Å². The summed E-state index contributed by atoms with van der Waals surface area (Å²) in [5, 5.41) is 3.08. The van der Waals surface area contributed by atoms with E-state index < -0.39 is 0 Å². The van der Waals surface area contributed by atoms with Crippen molar-refractivity contribution in [2.45, 2.75) is 39.2 Å². The van der Waals surface area contributed by atoms with Gasteiger partial charge in [0.1, 0.15) is 0 Å². The lowest BCUT2D eigenvalue weighted by atomic mass is 10.1. The van der Waals surface area contributed by atoms with Crippen LogP contribution in [0.25, 0.3) is 0 Å². The number of benzene rings is 1. The molecule has 1 fully saturated rings. The maximum Gasteiger partial charge on any atom is 0.251 e. The lowest BCUT2D eigenvalue weighted by Gasteiger charge is -2.29. The smallest absolute Gasteiger partial charge is 0.251 e. The fraction of sp³-hybridized carbons (Fsp3) is 0.562. The molecule has 0 aromatic heterocycles. The molecule has 4 nitrogen and oxygen atoms in total. The molecular formula is C16H25N3O. The quantitative estimate of drug-likeness (QED) is 0.828. The van der Waals surface area contributed by atoms with Crippen molar-refractivity contribution in [3.8, 4) is 0 Å². The van der Waals surface area contributed by atoms with Crippen molar-refractivity contribution in [2.24, 2.45) is 0 Å². The van der Waals surface area contributed by atoms with E-state index in [0.29, 0.717) is 11.3 Å². The predicted octanol–water partition coefficient (Wildman–Crippen LogP) is 2.18. The van der Waals surface area contributed by atoms with E-state index in [9.17, 15) is 4.79 Å². The molecule has 1 aromatic rings. The standard InChI is InChI=1S/C16H25N3O/c1-12(11-19-9-4-3-5-10-19)18-16(20)14-7-6-8-15(17)13(14)2/h6-8,12H,3-5,9-11,17H2,1-2H3,(H,18,20). The first-order valence-corrected chi connectivity index (χ1v) is 7.46. The molecule has 0 spiro atoms. The summed E-state index contributed by atoms with van der Waals surface area (Å²) in [6.45, 7) is 7.18. The fourth-order valence-corrected chi connectivity index (χ4v) is 2.78. The minimum atomic E-state index is -0.0284. The highest BCUT2D eigenvalue weighted by Gasteiger charge is 2.17. The number of likely N-dealkylation sites (tertiary alicyclic amines) is 1. The first-order chi connectivity index (χ1) is 9.58. The van der Waals surface area contributed by atoms with Crippen LogP contribution in [0.2, 0.25) is 0 Å². The summed E-state index contributed by atoms with van der Waals surface area (Å²) in [4.78, 5) is 14.7. The van der Waals surface area contributed by atoms with Gasteiger partial charge in [-0.25, -0.2) is 0 Å². The number of hydrogen-bond acceptors (Lipinski definition) is 3. The Morgan fingerprint density at radius 2 is 2.05 bits per heavy atom. The molecule has 0 aliphatic carbocycles. The molecule has 0 saturated carbocycles. The third-order valence-electron chi connectivity index (χ3n) is 3.98. The molecule has 20 heavy (non-hydrogen) atoms. The van der Waals surface area contributed by atoms with E-state index in [4.69, 9.17) is 5.73 Å². The molecule has 110 valence electrons. The van der Waals surface area contributed by atoms with Crippen LogP contribution < -0.4 is 11.1 Å². The van der Waals surface area contributed by atoms with Crippen LogP contribution in [0.4, 0.5) is 5.69 Å². The van der Waals surface area contributed by atoms with E-state index in [1.54, 1.807) is 0 Å². The number of nitrogens with two attached hydrogens (primary N) is 1. The molecule has 0 radical (unpaired) electrons. The minimum absolute atomic E-state index is 0.0284. The van der Waals surface area contributed by atoms with Crippen LogP contribution in [0.15, 0.2) is 18.2 Å². The van der Waals surface area contributed by atoms with Gasteiger partial charge in [0.2, 0.25) is 0 Å². The molecule has 1 saturated heterocycles. The van der Waals surface area contributed by atoms with Gasteiger partial charge in [-0.1, -0.05) is 12.5 Å². The van der Waals surface area contributed by atoms with Gasteiger partial charge in [-0.2, -0.15) is 0 Å². The van der Waals surface area contributed by atoms with Gasteiger partial charge in [0.15, 0.2) is 0 Å². The number of nitrogen functional groups attached to an aromatic ring is 1. The molecule has 3 N–H and O–H groups in total. The monoisotopic (exact) mass is 275 g/mol. The maximum atomic E-state index is 12.3. The number of amides is 1. The Hall–Kier alpha value is -1.55. The van der Waals surface area contributed by atoms with Crippen molar-refractivity contribution in [1.82, 2.24) is 10.2 Å². The molecule has 1 aromatic carbocycles. The molecule has 1 unspecified atom stereocenters. The molecular weight excluding hydrogens is 250 g/mol. The van der Waals surface area contributed by atoms with E-state index in [0.717, 1.165) is 25.2 Å². The van der Waals surface area contributed by atoms with Crippen molar-refractivity contribution in [3.05, 3.63) is 29.3 Å². The first-order valence-electron chi connectivity index (χ1n) is 7.46. The van der Waals surface area contributed by atoms with Gasteiger partial charge >= 0.3 is 0 Å². The molecule has 1 aliphatic rings. The number of piperidine rings is 1. The topological polar surface area (TPSA) is 58.4 Å². The van der Waals surface area contributed by atoms with E-state index in [-0.39, 0.29) is 11.9 Å². The van der Waals surface area contributed by atoms with Gasteiger partial charge in [0, 0.05) is 23.8 Å². The molecule has 2 rings (SSSR count). The Balaban J connectivity index is 1.91. The number of hydrogen-bond donors (Lipinski definition) is 2. The summed E-state index contributed by atoms with van der Waals surface area (Å²) >= 11 is 0. The van der Waals surface area contributed by atoms with Crippen LogP contribution in [-0.4, -0.2) is 36.5 Å². The van der Waals surface area contributed by atoms with Crippen LogP contribution >= 0.6 is 0 Å². The highest BCUT2D eigenvalue weighted by atomic mass is 16.1. The Labute approximate surface area is 121 Å². The number of carbonyl (C=O) groups excluding carboxylic acids is 1. The number of carbonyl (C=O) groups is 1. The molecule has 1 amide bonds. The van der Waals surface area contributed by atoms with Crippen molar-refractivity contribution < 1.29 is 4.79 Å². The highest BCUT2D eigenvalue weighted by molar-refractivity contribution is 5.97. The van der Waals surface area contributed by atoms with Crippen molar-refractivity contribution in [2.75, 3.05) is 25.4 Å². The third kappa shape index (κ3) is 3.73. The van der Waals surface area contributed by atoms with Crippen LogP contribution in [0.3, 0.4) is 0 Å².